The van der Waals surface area contributed by atoms with E-state index in [1.165, 1.54) is 55.1 Å². The van der Waals surface area contributed by atoms with E-state index in [1.807, 2.05) is 12.1 Å². The second kappa shape index (κ2) is 10.2. The van der Waals surface area contributed by atoms with Crippen molar-refractivity contribution < 1.29 is 16.8 Å². The Bertz CT molecular complexity index is 1420. The fourth-order valence-electron chi connectivity index (χ4n) is 4.74. The Morgan fingerprint density at radius 3 is 1.94 bits per heavy atom. The van der Waals surface area contributed by atoms with E-state index in [0.29, 0.717) is 11.6 Å². The van der Waals surface area contributed by atoms with Gasteiger partial charge in [0.1, 0.15) is 0 Å². The Hall–Kier alpha value is -2.88. The molecule has 1 aliphatic heterocycles. The number of rotatable bonds is 7. The zero-order valence-corrected chi connectivity index (χ0v) is 22.7. The van der Waals surface area contributed by atoms with Gasteiger partial charge in [0, 0.05) is 27.2 Å². The van der Waals surface area contributed by atoms with E-state index in [4.69, 9.17) is 0 Å². The minimum Gasteiger partial charge on any atom is -0.370 e. The highest BCUT2D eigenvalue weighted by Crippen LogP contribution is 2.35. The van der Waals surface area contributed by atoms with Crippen LogP contribution in [0.4, 0.5) is 11.4 Å². The topological polar surface area (TPSA) is 86.8 Å². The van der Waals surface area contributed by atoms with Crippen molar-refractivity contribution in [2.75, 3.05) is 36.8 Å². The van der Waals surface area contributed by atoms with Crippen LogP contribution in [0.5, 0.6) is 0 Å². The SMILES string of the molecule is Cc1cc(C)cc(C2CCN(c3ccccc3NS(=O)(=O)c3ccc(S(=O)(=O)N(C)C)cc3)CC2)c1. The van der Waals surface area contributed by atoms with Crippen LogP contribution in [0.15, 0.2) is 76.5 Å². The lowest BCUT2D eigenvalue weighted by molar-refractivity contribution is 0.505. The molecule has 7 nitrogen and oxygen atoms in total. The normalized spacial score (nSPS) is 15.3. The number of para-hydroxylation sites is 2. The lowest BCUT2D eigenvalue weighted by atomic mass is 9.87. The molecule has 192 valence electrons. The molecule has 1 fully saturated rings. The molecule has 1 aliphatic rings. The fourth-order valence-corrected chi connectivity index (χ4v) is 6.72. The second-order valence-electron chi connectivity index (χ2n) is 9.56. The molecule has 1 saturated heterocycles. The smallest absolute Gasteiger partial charge is 0.261 e. The van der Waals surface area contributed by atoms with Crippen LogP contribution in [0.3, 0.4) is 0 Å². The van der Waals surface area contributed by atoms with Crippen LogP contribution >= 0.6 is 0 Å². The molecule has 3 aromatic rings. The van der Waals surface area contributed by atoms with Crippen LogP contribution in [-0.2, 0) is 20.0 Å². The largest absolute Gasteiger partial charge is 0.370 e. The second-order valence-corrected chi connectivity index (χ2v) is 13.4. The fraction of sp³-hybridized carbons (Fsp3) is 0.333. The van der Waals surface area contributed by atoms with Crippen LogP contribution in [0.1, 0.15) is 35.4 Å². The van der Waals surface area contributed by atoms with E-state index in [2.05, 4.69) is 41.7 Å². The van der Waals surface area contributed by atoms with Gasteiger partial charge in [0.25, 0.3) is 10.0 Å². The van der Waals surface area contributed by atoms with Crippen molar-refractivity contribution in [3.8, 4) is 0 Å². The summed E-state index contributed by atoms with van der Waals surface area (Å²) < 4.78 is 54.7. The Kier molecular flexibility index (Phi) is 7.45. The highest BCUT2D eigenvalue weighted by molar-refractivity contribution is 7.92. The summed E-state index contributed by atoms with van der Waals surface area (Å²) in [6.45, 7) is 5.91. The van der Waals surface area contributed by atoms with Gasteiger partial charge in [-0.1, -0.05) is 41.5 Å². The molecule has 0 bridgehead atoms. The minimum absolute atomic E-state index is 0.00327. The molecule has 0 unspecified atom stereocenters. The number of piperidine rings is 1. The van der Waals surface area contributed by atoms with Gasteiger partial charge in [0.05, 0.1) is 21.2 Å². The van der Waals surface area contributed by atoms with Gasteiger partial charge in [0.15, 0.2) is 0 Å². The summed E-state index contributed by atoms with van der Waals surface area (Å²) in [6, 6.07) is 19.4. The number of benzene rings is 3. The molecule has 1 N–H and O–H groups in total. The minimum atomic E-state index is -3.91. The maximum Gasteiger partial charge on any atom is 0.261 e. The number of nitrogens with one attached hydrogen (secondary N) is 1. The van der Waals surface area contributed by atoms with Crippen LogP contribution in [0.25, 0.3) is 0 Å². The third-order valence-corrected chi connectivity index (χ3v) is 9.82. The van der Waals surface area contributed by atoms with Crippen LogP contribution in [0.2, 0.25) is 0 Å². The molecule has 36 heavy (non-hydrogen) atoms. The van der Waals surface area contributed by atoms with Crippen molar-refractivity contribution in [3.63, 3.8) is 0 Å². The van der Waals surface area contributed by atoms with Gasteiger partial charge in [-0.3, -0.25) is 4.72 Å². The van der Waals surface area contributed by atoms with Gasteiger partial charge in [-0.15, -0.1) is 0 Å². The first-order valence-corrected chi connectivity index (χ1v) is 14.9. The van der Waals surface area contributed by atoms with Crippen molar-refractivity contribution >= 4 is 31.4 Å². The maximum absolute atomic E-state index is 13.1. The summed E-state index contributed by atoms with van der Waals surface area (Å²) in [7, 11) is -4.68. The molecule has 0 aromatic heterocycles. The number of sulfonamides is 2. The number of nitrogens with zero attached hydrogens (tertiary/aromatic N) is 2. The number of aryl methyl sites for hydroxylation is 2. The van der Waals surface area contributed by atoms with Crippen LogP contribution in [-0.4, -0.2) is 48.3 Å². The summed E-state index contributed by atoms with van der Waals surface area (Å²) in [5, 5.41) is 0. The monoisotopic (exact) mass is 527 g/mol. The summed E-state index contributed by atoms with van der Waals surface area (Å²) in [6.07, 6.45) is 1.98. The van der Waals surface area contributed by atoms with Crippen molar-refractivity contribution in [2.24, 2.45) is 0 Å². The number of hydrogen-bond acceptors (Lipinski definition) is 5. The Labute approximate surface area is 214 Å². The third kappa shape index (κ3) is 5.58. The molecular formula is C27H33N3O4S2. The lowest BCUT2D eigenvalue weighted by Crippen LogP contribution is -2.33. The first-order chi connectivity index (χ1) is 17.0. The lowest BCUT2D eigenvalue weighted by Gasteiger charge is -2.35. The van der Waals surface area contributed by atoms with Gasteiger partial charge < -0.3 is 4.90 Å². The number of anilines is 2. The first kappa shape index (κ1) is 26.2. The van der Waals surface area contributed by atoms with E-state index in [0.717, 1.165) is 35.9 Å². The average Bonchev–Trinajstić information content (AvgIpc) is 2.84. The highest BCUT2D eigenvalue weighted by Gasteiger charge is 2.25. The van der Waals surface area contributed by atoms with E-state index in [1.54, 1.807) is 12.1 Å². The van der Waals surface area contributed by atoms with E-state index in [9.17, 15) is 16.8 Å². The van der Waals surface area contributed by atoms with Crippen molar-refractivity contribution in [2.45, 2.75) is 42.4 Å². The van der Waals surface area contributed by atoms with Gasteiger partial charge in [0.2, 0.25) is 10.0 Å². The predicted molar refractivity (Wildman–Crippen MR) is 145 cm³/mol. The Morgan fingerprint density at radius 1 is 0.806 bits per heavy atom. The molecule has 1 heterocycles. The summed E-state index contributed by atoms with van der Waals surface area (Å²) in [4.78, 5) is 2.27. The van der Waals surface area contributed by atoms with E-state index < -0.39 is 20.0 Å². The van der Waals surface area contributed by atoms with Crippen molar-refractivity contribution in [1.29, 1.82) is 0 Å². The molecule has 0 atom stereocenters. The van der Waals surface area contributed by atoms with Gasteiger partial charge in [-0.25, -0.2) is 21.1 Å². The molecule has 0 aliphatic carbocycles. The van der Waals surface area contributed by atoms with Gasteiger partial charge in [-0.05, 0) is 74.6 Å². The molecule has 0 amide bonds. The highest BCUT2D eigenvalue weighted by atomic mass is 32.2. The van der Waals surface area contributed by atoms with Crippen molar-refractivity contribution in [3.05, 3.63) is 83.4 Å². The van der Waals surface area contributed by atoms with Crippen LogP contribution in [0, 0.1) is 13.8 Å². The third-order valence-electron chi connectivity index (χ3n) is 6.61. The molecule has 3 aromatic carbocycles. The summed E-state index contributed by atoms with van der Waals surface area (Å²) >= 11 is 0. The van der Waals surface area contributed by atoms with Gasteiger partial charge in [-0.2, -0.15) is 0 Å². The van der Waals surface area contributed by atoms with Crippen molar-refractivity contribution in [1.82, 2.24) is 4.31 Å². The standard InChI is InChI=1S/C27H33N3O4S2/c1-20-17-21(2)19-23(18-20)22-13-15-30(16-14-22)27-8-6-5-7-26(27)28-35(31,32)24-9-11-25(12-10-24)36(33,34)29(3)4/h5-12,17-19,22,28H,13-16H2,1-4H3. The van der Waals surface area contributed by atoms with E-state index in [-0.39, 0.29) is 9.79 Å². The average molecular weight is 528 g/mol. The number of hydrogen-bond donors (Lipinski definition) is 1. The maximum atomic E-state index is 13.1. The first-order valence-electron chi connectivity index (χ1n) is 11.9. The summed E-state index contributed by atoms with van der Waals surface area (Å²) in [5.74, 6) is 0.487. The van der Waals surface area contributed by atoms with Crippen LogP contribution < -0.4 is 9.62 Å². The summed E-state index contributed by atoms with van der Waals surface area (Å²) in [5.41, 5.74) is 5.28. The van der Waals surface area contributed by atoms with Gasteiger partial charge >= 0.3 is 0 Å². The zero-order chi connectivity index (χ0) is 26.1. The molecule has 0 spiro atoms. The molecule has 0 radical (unpaired) electrons. The Morgan fingerprint density at radius 2 is 1.36 bits per heavy atom. The predicted octanol–water partition coefficient (Wildman–Crippen LogP) is 4.74. The molecule has 9 heteroatoms. The Balaban J connectivity index is 1.51. The quantitative estimate of drug-likeness (QED) is 0.480. The van der Waals surface area contributed by atoms with E-state index >= 15 is 0 Å². The molecule has 4 rings (SSSR count). The molecule has 0 saturated carbocycles. The zero-order valence-electron chi connectivity index (χ0n) is 21.1. The molecular weight excluding hydrogens is 494 g/mol.